The normalized spacial score (nSPS) is 13.1. The molecule has 0 aliphatic heterocycles. The first kappa shape index (κ1) is 16.9. The Morgan fingerprint density at radius 1 is 1.45 bits per heavy atom. The summed E-state index contributed by atoms with van der Waals surface area (Å²) >= 11 is 5.61. The molecule has 0 saturated carbocycles. The Morgan fingerprint density at radius 3 is 2.60 bits per heavy atom. The van der Waals surface area contributed by atoms with E-state index in [1.165, 1.54) is 12.1 Å². The molecule has 20 heavy (non-hydrogen) atoms. The van der Waals surface area contributed by atoms with Gasteiger partial charge in [-0.3, -0.25) is 10.1 Å². The van der Waals surface area contributed by atoms with Gasteiger partial charge in [0.2, 0.25) is 5.91 Å². The number of carbonyl (C=O) groups is 1. The fourth-order valence-corrected chi connectivity index (χ4v) is 1.81. The van der Waals surface area contributed by atoms with Gasteiger partial charge in [-0.15, -0.1) is 0 Å². The topological polar surface area (TPSA) is 61.4 Å². The number of nitrogens with one attached hydrogen (secondary N) is 2. The van der Waals surface area contributed by atoms with Crippen LogP contribution in [0.3, 0.4) is 0 Å². The summed E-state index contributed by atoms with van der Waals surface area (Å²) in [4.78, 5) is 11.7. The molecule has 1 rings (SSSR count). The van der Waals surface area contributed by atoms with Gasteiger partial charge in [-0.25, -0.2) is 4.39 Å². The van der Waals surface area contributed by atoms with E-state index in [1.54, 1.807) is 6.07 Å². The molecule has 0 fully saturated rings. The van der Waals surface area contributed by atoms with Crippen molar-refractivity contribution in [2.45, 2.75) is 32.4 Å². The molecule has 3 N–H and O–H groups in total. The number of benzene rings is 1. The highest BCUT2D eigenvalue weighted by molar-refractivity contribution is 6.30. The quantitative estimate of drug-likeness (QED) is 0.780. The second kappa shape index (κ2) is 7.02. The Kier molecular flexibility index (Phi) is 5.92. The molecule has 0 bridgehead atoms. The predicted octanol–water partition coefficient (Wildman–Crippen LogP) is 2.02. The number of aliphatic hydroxyl groups excluding tert-OH is 1. The van der Waals surface area contributed by atoms with E-state index in [-0.39, 0.29) is 29.6 Å². The number of rotatable bonds is 5. The number of halogens is 2. The minimum absolute atomic E-state index is 0.0240. The highest BCUT2D eigenvalue weighted by atomic mass is 35.5. The van der Waals surface area contributed by atoms with Crippen LogP contribution in [0.15, 0.2) is 18.2 Å². The summed E-state index contributed by atoms with van der Waals surface area (Å²) in [6.45, 7) is 5.42. The molecule has 0 spiro atoms. The third-order valence-corrected chi connectivity index (χ3v) is 2.86. The molecule has 1 unspecified atom stereocenters. The zero-order valence-corrected chi connectivity index (χ0v) is 12.6. The Balaban J connectivity index is 2.63. The van der Waals surface area contributed by atoms with E-state index in [4.69, 9.17) is 11.6 Å². The van der Waals surface area contributed by atoms with Crippen LogP contribution in [0.5, 0.6) is 0 Å². The van der Waals surface area contributed by atoms with Crippen molar-refractivity contribution in [2.75, 3.05) is 13.2 Å². The largest absolute Gasteiger partial charge is 0.394 e. The van der Waals surface area contributed by atoms with Crippen molar-refractivity contribution >= 4 is 17.5 Å². The van der Waals surface area contributed by atoms with Crippen LogP contribution in [-0.4, -0.2) is 29.7 Å². The van der Waals surface area contributed by atoms with Gasteiger partial charge in [0.15, 0.2) is 0 Å². The smallest absolute Gasteiger partial charge is 0.234 e. The highest BCUT2D eigenvalue weighted by Gasteiger charge is 2.16. The van der Waals surface area contributed by atoms with Crippen molar-refractivity contribution in [3.05, 3.63) is 34.6 Å². The van der Waals surface area contributed by atoms with Gasteiger partial charge >= 0.3 is 0 Å². The number of carbonyl (C=O) groups excluding carboxylic acids is 1. The molecular formula is C14H20ClFN2O2. The maximum atomic E-state index is 13.4. The first-order chi connectivity index (χ1) is 9.23. The third-order valence-electron chi connectivity index (χ3n) is 2.55. The second-order valence-corrected chi connectivity index (χ2v) is 5.99. The summed E-state index contributed by atoms with van der Waals surface area (Å²) < 4.78 is 13.4. The Bertz CT molecular complexity index is 475. The third kappa shape index (κ3) is 5.45. The lowest BCUT2D eigenvalue weighted by Crippen LogP contribution is -2.45. The van der Waals surface area contributed by atoms with Gasteiger partial charge < -0.3 is 10.4 Å². The summed E-state index contributed by atoms with van der Waals surface area (Å²) in [5.74, 6) is -0.742. The number of aliphatic hydroxyl groups is 1. The highest BCUT2D eigenvalue weighted by Crippen LogP contribution is 2.20. The van der Waals surface area contributed by atoms with Crippen molar-refractivity contribution in [2.24, 2.45) is 0 Å². The number of hydrogen-bond acceptors (Lipinski definition) is 3. The standard InChI is InChI=1S/C14H20ClFN2O2/c1-14(2,3)18-13(20)7-17-12(8-19)9-4-5-10(15)11(16)6-9/h4-6,12,17,19H,7-8H2,1-3H3,(H,18,20). The molecule has 0 radical (unpaired) electrons. The fourth-order valence-electron chi connectivity index (χ4n) is 1.70. The van der Waals surface area contributed by atoms with Crippen molar-refractivity contribution < 1.29 is 14.3 Å². The van der Waals surface area contributed by atoms with Gasteiger partial charge in [0.25, 0.3) is 0 Å². The van der Waals surface area contributed by atoms with E-state index in [9.17, 15) is 14.3 Å². The summed E-state index contributed by atoms with van der Waals surface area (Å²) in [7, 11) is 0. The van der Waals surface area contributed by atoms with Crippen LogP contribution in [0.4, 0.5) is 4.39 Å². The zero-order chi connectivity index (χ0) is 15.3. The molecule has 0 heterocycles. The fraction of sp³-hybridized carbons (Fsp3) is 0.500. The average Bonchev–Trinajstić information content (AvgIpc) is 2.32. The molecule has 0 aromatic heterocycles. The van der Waals surface area contributed by atoms with Gasteiger partial charge in [0.1, 0.15) is 5.82 Å². The average molecular weight is 303 g/mol. The van der Waals surface area contributed by atoms with E-state index < -0.39 is 11.9 Å². The van der Waals surface area contributed by atoms with Crippen LogP contribution in [0, 0.1) is 5.82 Å². The molecule has 1 amide bonds. The van der Waals surface area contributed by atoms with Crippen LogP contribution in [0.25, 0.3) is 0 Å². The molecule has 1 aromatic carbocycles. The molecule has 0 saturated heterocycles. The zero-order valence-electron chi connectivity index (χ0n) is 11.8. The van der Waals surface area contributed by atoms with Gasteiger partial charge in [0.05, 0.1) is 24.2 Å². The number of amides is 1. The molecule has 1 atom stereocenters. The molecule has 1 aromatic rings. The molecule has 4 nitrogen and oxygen atoms in total. The lowest BCUT2D eigenvalue weighted by atomic mass is 10.1. The number of hydrogen-bond donors (Lipinski definition) is 3. The minimum atomic E-state index is -0.552. The Labute approximate surface area is 123 Å². The Morgan fingerprint density at radius 2 is 2.10 bits per heavy atom. The maximum Gasteiger partial charge on any atom is 0.234 e. The van der Waals surface area contributed by atoms with E-state index >= 15 is 0 Å². The van der Waals surface area contributed by atoms with E-state index in [0.29, 0.717) is 5.56 Å². The van der Waals surface area contributed by atoms with E-state index in [0.717, 1.165) is 0 Å². The lowest BCUT2D eigenvalue weighted by molar-refractivity contribution is -0.121. The first-order valence-corrected chi connectivity index (χ1v) is 6.71. The molecule has 112 valence electrons. The van der Waals surface area contributed by atoms with Crippen LogP contribution in [0.1, 0.15) is 32.4 Å². The van der Waals surface area contributed by atoms with Crippen molar-refractivity contribution in [3.63, 3.8) is 0 Å². The summed E-state index contributed by atoms with van der Waals surface area (Å²) in [6.07, 6.45) is 0. The SMILES string of the molecule is CC(C)(C)NC(=O)CNC(CO)c1ccc(Cl)c(F)c1. The van der Waals surface area contributed by atoms with Crippen molar-refractivity contribution in [1.82, 2.24) is 10.6 Å². The van der Waals surface area contributed by atoms with Crippen LogP contribution in [-0.2, 0) is 4.79 Å². The molecular weight excluding hydrogens is 283 g/mol. The molecule has 0 aliphatic rings. The molecule has 6 heteroatoms. The summed E-state index contributed by atoms with van der Waals surface area (Å²) in [5.41, 5.74) is 0.220. The Hall–Kier alpha value is -1.17. The predicted molar refractivity (Wildman–Crippen MR) is 77.1 cm³/mol. The monoisotopic (exact) mass is 302 g/mol. The summed E-state index contributed by atoms with van der Waals surface area (Å²) in [6, 6.07) is 3.76. The van der Waals surface area contributed by atoms with Gasteiger partial charge in [-0.05, 0) is 38.5 Å². The van der Waals surface area contributed by atoms with Gasteiger partial charge in [-0.1, -0.05) is 17.7 Å². The van der Waals surface area contributed by atoms with Crippen molar-refractivity contribution in [3.8, 4) is 0 Å². The van der Waals surface area contributed by atoms with Crippen molar-refractivity contribution in [1.29, 1.82) is 0 Å². The maximum absolute atomic E-state index is 13.4. The van der Waals surface area contributed by atoms with E-state index in [2.05, 4.69) is 10.6 Å². The van der Waals surface area contributed by atoms with Crippen LogP contribution >= 0.6 is 11.6 Å². The minimum Gasteiger partial charge on any atom is -0.394 e. The van der Waals surface area contributed by atoms with Crippen LogP contribution < -0.4 is 10.6 Å². The molecule has 0 aliphatic carbocycles. The summed E-state index contributed by atoms with van der Waals surface area (Å²) in [5, 5.41) is 15.0. The second-order valence-electron chi connectivity index (χ2n) is 5.59. The van der Waals surface area contributed by atoms with Crippen LogP contribution in [0.2, 0.25) is 5.02 Å². The first-order valence-electron chi connectivity index (χ1n) is 6.33. The van der Waals surface area contributed by atoms with Gasteiger partial charge in [-0.2, -0.15) is 0 Å². The van der Waals surface area contributed by atoms with E-state index in [1.807, 2.05) is 20.8 Å². The lowest BCUT2D eigenvalue weighted by Gasteiger charge is -2.22. The van der Waals surface area contributed by atoms with Gasteiger partial charge in [0, 0.05) is 5.54 Å².